The maximum absolute atomic E-state index is 6.04. The molecule has 0 amide bonds. The SMILES string of the molecule is CC1COCCN1c1cc(N)nc(-c2cccc3[nH]ncc23)n1. The molecule has 4 rings (SSSR count). The smallest absolute Gasteiger partial charge is 0.164 e. The lowest BCUT2D eigenvalue weighted by Crippen LogP contribution is -2.44. The third-order valence-electron chi connectivity index (χ3n) is 4.12. The molecule has 1 saturated heterocycles. The van der Waals surface area contributed by atoms with E-state index in [4.69, 9.17) is 15.5 Å². The minimum absolute atomic E-state index is 0.260. The van der Waals surface area contributed by atoms with E-state index in [2.05, 4.69) is 27.0 Å². The van der Waals surface area contributed by atoms with E-state index in [1.54, 1.807) is 6.20 Å². The third kappa shape index (κ3) is 2.49. The van der Waals surface area contributed by atoms with Gasteiger partial charge in [0.2, 0.25) is 0 Å². The van der Waals surface area contributed by atoms with E-state index in [0.29, 0.717) is 24.9 Å². The number of hydrogen-bond donors (Lipinski definition) is 2. The van der Waals surface area contributed by atoms with Crippen LogP contribution in [0.2, 0.25) is 0 Å². The van der Waals surface area contributed by atoms with Gasteiger partial charge in [-0.05, 0) is 13.0 Å². The van der Waals surface area contributed by atoms with E-state index < -0.39 is 0 Å². The number of H-pyrrole nitrogens is 1. The number of morpholine rings is 1. The molecule has 0 radical (unpaired) electrons. The number of aromatic nitrogens is 4. The Balaban J connectivity index is 1.82. The molecule has 23 heavy (non-hydrogen) atoms. The van der Waals surface area contributed by atoms with Crippen molar-refractivity contribution < 1.29 is 4.74 Å². The zero-order valence-corrected chi connectivity index (χ0v) is 12.9. The molecule has 7 nitrogen and oxygen atoms in total. The first-order valence-electron chi connectivity index (χ1n) is 7.64. The highest BCUT2D eigenvalue weighted by atomic mass is 16.5. The van der Waals surface area contributed by atoms with Crippen LogP contribution < -0.4 is 10.6 Å². The fraction of sp³-hybridized carbons (Fsp3) is 0.312. The number of fused-ring (bicyclic) bond motifs is 1. The van der Waals surface area contributed by atoms with Crippen LogP contribution in [-0.2, 0) is 4.74 Å². The molecule has 1 fully saturated rings. The molecular formula is C16H18N6O. The molecule has 1 aromatic carbocycles. The van der Waals surface area contributed by atoms with Crippen LogP contribution in [0, 0.1) is 0 Å². The first kappa shape index (κ1) is 14.0. The molecule has 1 atom stereocenters. The van der Waals surface area contributed by atoms with Crippen LogP contribution in [0.4, 0.5) is 11.6 Å². The zero-order chi connectivity index (χ0) is 15.8. The van der Waals surface area contributed by atoms with Crippen molar-refractivity contribution in [3.05, 3.63) is 30.5 Å². The van der Waals surface area contributed by atoms with Crippen LogP contribution in [0.1, 0.15) is 6.92 Å². The third-order valence-corrected chi connectivity index (χ3v) is 4.12. The van der Waals surface area contributed by atoms with Crippen molar-refractivity contribution in [3.8, 4) is 11.4 Å². The van der Waals surface area contributed by atoms with Gasteiger partial charge in [-0.2, -0.15) is 5.10 Å². The summed E-state index contributed by atoms with van der Waals surface area (Å²) in [4.78, 5) is 11.4. The quantitative estimate of drug-likeness (QED) is 0.750. The highest BCUT2D eigenvalue weighted by molar-refractivity contribution is 5.92. The fourth-order valence-corrected chi connectivity index (χ4v) is 2.95. The molecule has 1 aliphatic rings. The van der Waals surface area contributed by atoms with E-state index in [0.717, 1.165) is 28.8 Å². The topological polar surface area (TPSA) is 93.0 Å². The van der Waals surface area contributed by atoms with Crippen molar-refractivity contribution in [1.29, 1.82) is 0 Å². The minimum Gasteiger partial charge on any atom is -0.384 e. The summed E-state index contributed by atoms with van der Waals surface area (Å²) in [6.07, 6.45) is 1.79. The summed E-state index contributed by atoms with van der Waals surface area (Å²) >= 11 is 0. The van der Waals surface area contributed by atoms with Crippen LogP contribution in [0.25, 0.3) is 22.3 Å². The molecular weight excluding hydrogens is 292 g/mol. The van der Waals surface area contributed by atoms with Crippen LogP contribution >= 0.6 is 0 Å². The van der Waals surface area contributed by atoms with Gasteiger partial charge < -0.3 is 15.4 Å². The van der Waals surface area contributed by atoms with Gasteiger partial charge >= 0.3 is 0 Å². The van der Waals surface area contributed by atoms with Gasteiger partial charge in [-0.1, -0.05) is 12.1 Å². The fourth-order valence-electron chi connectivity index (χ4n) is 2.95. The van der Waals surface area contributed by atoms with Gasteiger partial charge in [0.15, 0.2) is 5.82 Å². The summed E-state index contributed by atoms with van der Waals surface area (Å²) in [7, 11) is 0. The summed E-state index contributed by atoms with van der Waals surface area (Å²) < 4.78 is 5.50. The number of nitrogen functional groups attached to an aromatic ring is 1. The Bertz CT molecular complexity index is 845. The molecule has 2 aromatic heterocycles. The lowest BCUT2D eigenvalue weighted by atomic mass is 10.1. The second kappa shape index (κ2) is 5.51. The molecule has 0 aliphatic carbocycles. The maximum Gasteiger partial charge on any atom is 0.164 e. The monoisotopic (exact) mass is 310 g/mol. The largest absolute Gasteiger partial charge is 0.384 e. The van der Waals surface area contributed by atoms with Crippen molar-refractivity contribution in [2.24, 2.45) is 0 Å². The summed E-state index contributed by atoms with van der Waals surface area (Å²) in [6.45, 7) is 4.30. The van der Waals surface area contributed by atoms with Crippen LogP contribution in [0.15, 0.2) is 30.5 Å². The van der Waals surface area contributed by atoms with Gasteiger partial charge in [0.25, 0.3) is 0 Å². The lowest BCUT2D eigenvalue weighted by Gasteiger charge is -2.34. The normalized spacial score (nSPS) is 18.5. The predicted octanol–water partition coefficient (Wildman–Crippen LogP) is 1.83. The summed E-state index contributed by atoms with van der Waals surface area (Å²) in [6, 6.07) is 8.00. The van der Waals surface area contributed by atoms with E-state index >= 15 is 0 Å². The first-order chi connectivity index (χ1) is 11.2. The Morgan fingerprint density at radius 3 is 3.13 bits per heavy atom. The highest BCUT2D eigenvalue weighted by Gasteiger charge is 2.21. The van der Waals surface area contributed by atoms with E-state index in [1.807, 2.05) is 24.3 Å². The average Bonchev–Trinajstić information content (AvgIpc) is 3.03. The molecule has 0 saturated carbocycles. The highest BCUT2D eigenvalue weighted by Crippen LogP contribution is 2.28. The van der Waals surface area contributed by atoms with Gasteiger partial charge in [-0.3, -0.25) is 5.10 Å². The Hall–Kier alpha value is -2.67. The van der Waals surface area contributed by atoms with E-state index in [1.165, 1.54) is 0 Å². The summed E-state index contributed by atoms with van der Waals surface area (Å²) in [5, 5.41) is 8.05. The maximum atomic E-state index is 6.04. The van der Waals surface area contributed by atoms with Crippen LogP contribution in [0.3, 0.4) is 0 Å². The molecule has 1 unspecified atom stereocenters. The van der Waals surface area contributed by atoms with Crippen molar-refractivity contribution >= 4 is 22.5 Å². The molecule has 118 valence electrons. The standard InChI is InChI=1S/C16H18N6O/c1-10-9-23-6-5-22(10)15-7-14(17)19-16(20-15)11-3-2-4-13-12(11)8-18-21-13/h2-4,7-8,10H,5-6,9H2,1H3,(H,18,21)(H2,17,19,20). The first-order valence-corrected chi connectivity index (χ1v) is 7.64. The Kier molecular flexibility index (Phi) is 3.34. The summed E-state index contributed by atoms with van der Waals surface area (Å²) in [5.74, 6) is 1.92. The zero-order valence-electron chi connectivity index (χ0n) is 12.9. The molecule has 0 spiro atoms. The number of hydrogen-bond acceptors (Lipinski definition) is 6. The van der Waals surface area contributed by atoms with E-state index in [-0.39, 0.29) is 6.04 Å². The number of aromatic amines is 1. The van der Waals surface area contributed by atoms with Crippen LogP contribution in [0.5, 0.6) is 0 Å². The minimum atomic E-state index is 0.260. The Labute approximate surface area is 133 Å². The van der Waals surface area contributed by atoms with Gasteiger partial charge in [0, 0.05) is 23.6 Å². The second-order valence-electron chi connectivity index (χ2n) is 5.73. The number of nitrogens with one attached hydrogen (secondary N) is 1. The summed E-state index contributed by atoms with van der Waals surface area (Å²) in [5.41, 5.74) is 7.91. The molecule has 0 bridgehead atoms. The Morgan fingerprint density at radius 2 is 2.26 bits per heavy atom. The molecule has 1 aliphatic heterocycles. The van der Waals surface area contributed by atoms with E-state index in [9.17, 15) is 0 Å². The number of anilines is 2. The molecule has 3 aromatic rings. The van der Waals surface area contributed by atoms with Gasteiger partial charge in [-0.25, -0.2) is 9.97 Å². The number of nitrogens with two attached hydrogens (primary N) is 1. The van der Waals surface area contributed by atoms with Crippen molar-refractivity contribution in [1.82, 2.24) is 20.2 Å². The average molecular weight is 310 g/mol. The van der Waals surface area contributed by atoms with Crippen molar-refractivity contribution in [2.45, 2.75) is 13.0 Å². The second-order valence-corrected chi connectivity index (χ2v) is 5.73. The lowest BCUT2D eigenvalue weighted by molar-refractivity contribution is 0.0985. The van der Waals surface area contributed by atoms with Crippen molar-refractivity contribution in [3.63, 3.8) is 0 Å². The number of rotatable bonds is 2. The molecule has 7 heteroatoms. The Morgan fingerprint density at radius 1 is 1.35 bits per heavy atom. The number of ether oxygens (including phenoxy) is 1. The molecule has 3 N–H and O–H groups in total. The van der Waals surface area contributed by atoms with Gasteiger partial charge in [0.05, 0.1) is 31.0 Å². The van der Waals surface area contributed by atoms with Crippen molar-refractivity contribution in [2.75, 3.05) is 30.4 Å². The van der Waals surface area contributed by atoms with Crippen LogP contribution in [-0.4, -0.2) is 46.0 Å². The number of nitrogens with zero attached hydrogens (tertiary/aromatic N) is 4. The van der Waals surface area contributed by atoms with Gasteiger partial charge in [0.1, 0.15) is 11.6 Å². The number of benzene rings is 1. The van der Waals surface area contributed by atoms with Gasteiger partial charge in [-0.15, -0.1) is 0 Å². The molecule has 3 heterocycles. The predicted molar refractivity (Wildman–Crippen MR) is 89.2 cm³/mol.